The lowest BCUT2D eigenvalue weighted by atomic mass is 9.84. The second kappa shape index (κ2) is 24.8. The van der Waals surface area contributed by atoms with Crippen LogP contribution >= 0.6 is 69.3 Å². The van der Waals surface area contributed by atoms with Crippen molar-refractivity contribution in [3.05, 3.63) is 138 Å². The van der Waals surface area contributed by atoms with Crippen LogP contribution in [-0.2, 0) is 36.3 Å². The van der Waals surface area contributed by atoms with E-state index in [-0.39, 0.29) is 71.4 Å². The van der Waals surface area contributed by atoms with Crippen molar-refractivity contribution in [1.29, 1.82) is 0 Å². The summed E-state index contributed by atoms with van der Waals surface area (Å²) in [7, 11) is 0. The maximum absolute atomic E-state index is 13.9. The molecule has 0 spiro atoms. The van der Waals surface area contributed by atoms with Crippen molar-refractivity contribution >= 4 is 92.4 Å². The van der Waals surface area contributed by atoms with Crippen molar-refractivity contribution in [2.24, 2.45) is 23.7 Å². The molecule has 1 saturated carbocycles. The minimum absolute atomic E-state index is 0. The number of carbonyl (C=O) groups excluding carboxylic acids is 2. The molecular formula is C57H73IO4S4. The van der Waals surface area contributed by atoms with Crippen LogP contribution in [0.3, 0.4) is 0 Å². The summed E-state index contributed by atoms with van der Waals surface area (Å²) in [6, 6.07) is 23.9. The summed E-state index contributed by atoms with van der Waals surface area (Å²) < 4.78 is 12.4. The molecule has 4 unspecified atom stereocenters. The van der Waals surface area contributed by atoms with E-state index in [1.54, 1.807) is 34.0 Å². The van der Waals surface area contributed by atoms with Crippen LogP contribution in [-0.4, -0.2) is 25.2 Å². The highest BCUT2D eigenvalue weighted by atomic mass is 127. The predicted octanol–water partition coefficient (Wildman–Crippen LogP) is 17.7. The third kappa shape index (κ3) is 14.1. The second-order valence-corrected chi connectivity index (χ2v) is 23.6. The Balaban J connectivity index is 0.00000185. The number of carbonyl (C=O) groups is 2. The number of halogens is 1. The number of ether oxygens (including phenoxy) is 2. The lowest BCUT2D eigenvalue weighted by molar-refractivity contribution is -0.149. The van der Waals surface area contributed by atoms with Gasteiger partial charge in [-0.05, 0) is 144 Å². The zero-order valence-electron chi connectivity index (χ0n) is 41.6. The quantitative estimate of drug-likeness (QED) is 0.0454. The molecule has 1 aromatic carbocycles. The minimum atomic E-state index is -0.241. The van der Waals surface area contributed by atoms with Crippen LogP contribution in [0.1, 0.15) is 130 Å². The molecule has 9 heteroatoms. The van der Waals surface area contributed by atoms with Crippen molar-refractivity contribution in [2.75, 3.05) is 13.2 Å². The molecule has 2 bridgehead atoms. The number of rotatable bonds is 15. The minimum Gasteiger partial charge on any atom is -0.465 e. The molecule has 0 amide bonds. The molecule has 7 rings (SSSR count). The van der Waals surface area contributed by atoms with Crippen molar-refractivity contribution in [1.82, 2.24) is 0 Å². The molecule has 356 valence electrons. The fraction of sp³-hybridized carbons (Fsp3) is 0.439. The summed E-state index contributed by atoms with van der Waals surface area (Å²) in [4.78, 5) is 37.6. The molecule has 4 nitrogen and oxygen atoms in total. The van der Waals surface area contributed by atoms with Gasteiger partial charge in [0.05, 0.1) is 26.1 Å². The molecule has 0 N–H and O–H groups in total. The van der Waals surface area contributed by atoms with E-state index in [0.29, 0.717) is 31.5 Å². The number of hydrogen-bond donors (Lipinski definition) is 0. The lowest BCUT2D eigenvalue weighted by Crippen LogP contribution is -2.30. The highest BCUT2D eigenvalue weighted by Crippen LogP contribution is 2.48. The Labute approximate surface area is 430 Å². The molecular weight excluding hydrogens is 1000 g/mol. The highest BCUT2D eigenvalue weighted by molar-refractivity contribution is 14.0. The van der Waals surface area contributed by atoms with E-state index in [1.807, 2.05) is 45.1 Å². The largest absolute Gasteiger partial charge is 0.465 e. The summed E-state index contributed by atoms with van der Waals surface area (Å²) in [5, 5.41) is 0. The Morgan fingerprint density at radius 2 is 1.26 bits per heavy atom. The summed E-state index contributed by atoms with van der Waals surface area (Å²) >= 11 is 7.11. The Morgan fingerprint density at radius 3 is 1.80 bits per heavy atom. The molecule has 4 atom stereocenters. The molecule has 66 heavy (non-hydrogen) atoms. The van der Waals surface area contributed by atoms with Crippen LogP contribution < -0.4 is 0 Å². The van der Waals surface area contributed by atoms with Gasteiger partial charge in [-0.2, -0.15) is 0 Å². The Hall–Kier alpha value is -3.35. The fourth-order valence-electron chi connectivity index (χ4n) is 8.58. The topological polar surface area (TPSA) is 52.6 Å². The molecule has 0 saturated heterocycles. The van der Waals surface area contributed by atoms with E-state index in [0.717, 1.165) is 49.6 Å². The van der Waals surface area contributed by atoms with Crippen molar-refractivity contribution in [3.8, 4) is 20.9 Å². The van der Waals surface area contributed by atoms with E-state index in [4.69, 9.17) is 9.47 Å². The predicted molar refractivity (Wildman–Crippen MR) is 300 cm³/mol. The standard InChI is InChI=1S/C53H60O4S4.2C2H6.HI/c1-11-12-40(46-20-14-34(4)59-46)38(25-32(2)44-21-23-48(60-44)52(5,6)7)28-50(54)56-30-42-35-15-16-36(26-35)43(42)31-57-51(55)29-39-27-37(45-19-13-33(3)58-45)17-18-41(39)47-22-24-49(61-47)53(8,9)10;2*1-2;/h11,13-25,27,35-36,42-43H,1,12,26,28-31H2,2-10H3;2*1-2H3;1H/b32-25+,40-38-;;;. The zero-order valence-corrected chi connectivity index (χ0v) is 47.2. The van der Waals surface area contributed by atoms with Crippen LogP contribution in [0, 0.1) is 37.5 Å². The first kappa shape index (κ1) is 55.2. The summed E-state index contributed by atoms with van der Waals surface area (Å²) in [5.74, 6) is 0.315. The van der Waals surface area contributed by atoms with Gasteiger partial charge in [0, 0.05) is 50.9 Å². The number of benzene rings is 1. The SMILES string of the molecule is C=CC/C(=C(\C=C(/C)c1ccc(C(C)(C)C)s1)CC(=O)OCC1C2C=CC(C2)C1COC(=O)Cc1cc(-c2ccc(C)s2)ccc1-c1ccc(C(C)(C)C)s1)c1ccc(C)s1.CC.CC.I. The molecule has 2 aliphatic carbocycles. The second-order valence-electron chi connectivity index (χ2n) is 18.8. The monoisotopic (exact) mass is 1080 g/mol. The van der Waals surface area contributed by atoms with Gasteiger partial charge in [-0.1, -0.05) is 106 Å². The number of aryl methyl sites for hydroxylation is 2. The number of hydrogen-bond acceptors (Lipinski definition) is 8. The van der Waals surface area contributed by atoms with E-state index < -0.39 is 0 Å². The van der Waals surface area contributed by atoms with Crippen molar-refractivity contribution in [2.45, 2.75) is 127 Å². The number of esters is 2. The van der Waals surface area contributed by atoms with Gasteiger partial charge in [0.1, 0.15) is 0 Å². The van der Waals surface area contributed by atoms with Gasteiger partial charge >= 0.3 is 11.9 Å². The van der Waals surface area contributed by atoms with Gasteiger partial charge in [-0.15, -0.1) is 75.9 Å². The first-order chi connectivity index (χ1) is 31.0. The van der Waals surface area contributed by atoms with Crippen LogP contribution in [0.5, 0.6) is 0 Å². The first-order valence-electron chi connectivity index (χ1n) is 23.5. The average molecular weight is 1080 g/mol. The van der Waals surface area contributed by atoms with E-state index in [9.17, 15) is 9.59 Å². The van der Waals surface area contributed by atoms with Gasteiger partial charge in [0.25, 0.3) is 0 Å². The van der Waals surface area contributed by atoms with E-state index in [2.05, 4.69) is 154 Å². The fourth-order valence-corrected chi connectivity index (χ4v) is 12.6. The normalized spacial score (nSPS) is 18.0. The van der Waals surface area contributed by atoms with E-state index in [1.165, 1.54) is 29.3 Å². The highest BCUT2D eigenvalue weighted by Gasteiger charge is 2.45. The number of allylic oxidation sites excluding steroid dienone is 6. The zero-order chi connectivity index (χ0) is 47.6. The molecule has 5 aromatic rings. The molecule has 0 aliphatic heterocycles. The number of fused-ring (bicyclic) bond motifs is 2. The third-order valence-corrected chi connectivity index (χ3v) is 17.3. The first-order valence-corrected chi connectivity index (χ1v) is 26.7. The van der Waals surface area contributed by atoms with Crippen molar-refractivity contribution < 1.29 is 19.1 Å². The van der Waals surface area contributed by atoms with Gasteiger partial charge in [0.15, 0.2) is 0 Å². The molecule has 1 fully saturated rings. The molecule has 0 radical (unpaired) electrons. The Morgan fingerprint density at radius 1 is 0.697 bits per heavy atom. The van der Waals surface area contributed by atoms with Crippen LogP contribution in [0.15, 0.2) is 103 Å². The Bertz CT molecular complexity index is 2490. The maximum Gasteiger partial charge on any atom is 0.310 e. The Kier molecular flexibility index (Phi) is 20.7. The molecule has 4 heterocycles. The molecule has 2 aliphatic rings. The van der Waals surface area contributed by atoms with Crippen LogP contribution in [0.2, 0.25) is 0 Å². The average Bonchev–Trinajstić information content (AvgIpc) is 4.14. The summed E-state index contributed by atoms with van der Waals surface area (Å²) in [5.41, 5.74) is 6.48. The van der Waals surface area contributed by atoms with Gasteiger partial charge in [-0.25, -0.2) is 0 Å². The van der Waals surface area contributed by atoms with Gasteiger partial charge in [-0.3, -0.25) is 9.59 Å². The van der Waals surface area contributed by atoms with Crippen LogP contribution in [0.4, 0.5) is 0 Å². The van der Waals surface area contributed by atoms with E-state index >= 15 is 0 Å². The third-order valence-electron chi connectivity index (χ3n) is 12.0. The summed E-state index contributed by atoms with van der Waals surface area (Å²) in [6.07, 6.45) is 10.6. The maximum atomic E-state index is 13.9. The lowest BCUT2D eigenvalue weighted by Gasteiger charge is -2.27. The van der Waals surface area contributed by atoms with Crippen LogP contribution in [0.25, 0.3) is 32.0 Å². The van der Waals surface area contributed by atoms with Gasteiger partial charge in [0.2, 0.25) is 0 Å². The molecule has 4 aromatic heterocycles. The number of thiophene rings is 4. The van der Waals surface area contributed by atoms with Gasteiger partial charge < -0.3 is 9.47 Å². The smallest absolute Gasteiger partial charge is 0.310 e. The summed E-state index contributed by atoms with van der Waals surface area (Å²) in [6.45, 7) is 32.5. The van der Waals surface area contributed by atoms with Crippen molar-refractivity contribution in [3.63, 3.8) is 0 Å².